The number of carbonyl (C=O) groups excluding carboxylic acids is 1. The van der Waals surface area contributed by atoms with Gasteiger partial charge >= 0.3 is 0 Å². The number of hydrogen-bond acceptors (Lipinski definition) is 4. The Morgan fingerprint density at radius 2 is 2.17 bits per heavy atom. The van der Waals surface area contributed by atoms with Crippen LogP contribution in [0.25, 0.3) is 5.69 Å². The normalized spacial score (nSPS) is 11.0. The standard InChI is InChI=1S/C17H20N6O/c1-13(2)16-21-19-12-22(16)10-8-18-17(24)14-5-3-6-15(11-14)23-9-4-7-20-23/h3-7,9,11-13H,8,10H2,1-2H3,(H,18,24). The van der Waals surface area contributed by atoms with Crippen LogP contribution in [-0.4, -0.2) is 37.0 Å². The predicted octanol–water partition coefficient (Wildman–Crippen LogP) is 2.02. The first-order valence-electron chi connectivity index (χ1n) is 7.91. The van der Waals surface area contributed by atoms with Crippen molar-refractivity contribution in [1.29, 1.82) is 0 Å². The minimum absolute atomic E-state index is 0.108. The molecule has 124 valence electrons. The summed E-state index contributed by atoms with van der Waals surface area (Å²) in [6, 6.07) is 9.22. The van der Waals surface area contributed by atoms with Gasteiger partial charge in [-0.15, -0.1) is 10.2 Å². The van der Waals surface area contributed by atoms with Crippen molar-refractivity contribution in [1.82, 2.24) is 29.9 Å². The van der Waals surface area contributed by atoms with E-state index in [1.165, 1.54) is 0 Å². The van der Waals surface area contributed by atoms with E-state index in [0.717, 1.165) is 11.5 Å². The minimum atomic E-state index is -0.108. The molecule has 3 rings (SSSR count). The average Bonchev–Trinajstić information content (AvgIpc) is 3.26. The van der Waals surface area contributed by atoms with Gasteiger partial charge < -0.3 is 9.88 Å². The van der Waals surface area contributed by atoms with E-state index in [4.69, 9.17) is 0 Å². The van der Waals surface area contributed by atoms with Crippen molar-refractivity contribution in [3.63, 3.8) is 0 Å². The molecule has 0 aliphatic carbocycles. The highest BCUT2D eigenvalue weighted by Gasteiger charge is 2.10. The van der Waals surface area contributed by atoms with E-state index in [1.807, 2.05) is 35.0 Å². The van der Waals surface area contributed by atoms with Gasteiger partial charge in [0.25, 0.3) is 5.91 Å². The second kappa shape index (κ2) is 7.08. The number of amides is 1. The number of nitrogens with zero attached hydrogens (tertiary/aromatic N) is 5. The van der Waals surface area contributed by atoms with Gasteiger partial charge in [-0.2, -0.15) is 5.10 Å². The fourth-order valence-corrected chi connectivity index (χ4v) is 2.49. The third-order valence-electron chi connectivity index (χ3n) is 3.68. The molecule has 0 saturated carbocycles. The van der Waals surface area contributed by atoms with E-state index in [0.29, 0.717) is 24.6 Å². The van der Waals surface area contributed by atoms with Crippen LogP contribution in [0.3, 0.4) is 0 Å². The van der Waals surface area contributed by atoms with Crippen molar-refractivity contribution >= 4 is 5.91 Å². The second-order valence-electron chi connectivity index (χ2n) is 5.79. The lowest BCUT2D eigenvalue weighted by Crippen LogP contribution is -2.27. The summed E-state index contributed by atoms with van der Waals surface area (Å²) in [5.41, 5.74) is 1.46. The number of aromatic nitrogens is 5. The molecule has 0 bridgehead atoms. The Morgan fingerprint density at radius 3 is 2.92 bits per heavy atom. The minimum Gasteiger partial charge on any atom is -0.350 e. The molecule has 7 nitrogen and oxygen atoms in total. The molecule has 0 radical (unpaired) electrons. The zero-order valence-corrected chi connectivity index (χ0v) is 13.8. The SMILES string of the molecule is CC(C)c1nncn1CCNC(=O)c1cccc(-n2cccn2)c1. The van der Waals surface area contributed by atoms with Gasteiger partial charge in [0, 0.05) is 37.0 Å². The largest absolute Gasteiger partial charge is 0.350 e. The summed E-state index contributed by atoms with van der Waals surface area (Å²) in [6.07, 6.45) is 5.24. The molecule has 0 atom stereocenters. The highest BCUT2D eigenvalue weighted by atomic mass is 16.1. The summed E-state index contributed by atoms with van der Waals surface area (Å²) >= 11 is 0. The third kappa shape index (κ3) is 3.51. The second-order valence-corrected chi connectivity index (χ2v) is 5.79. The lowest BCUT2D eigenvalue weighted by Gasteiger charge is -2.10. The fraction of sp³-hybridized carbons (Fsp3) is 0.294. The molecule has 1 N–H and O–H groups in total. The predicted molar refractivity (Wildman–Crippen MR) is 90.0 cm³/mol. The van der Waals surface area contributed by atoms with Gasteiger partial charge in [0.1, 0.15) is 12.2 Å². The molecule has 24 heavy (non-hydrogen) atoms. The first kappa shape index (κ1) is 15.9. The van der Waals surface area contributed by atoms with Crippen molar-refractivity contribution in [2.45, 2.75) is 26.3 Å². The van der Waals surface area contributed by atoms with Crippen LogP contribution in [0.15, 0.2) is 49.1 Å². The first-order valence-corrected chi connectivity index (χ1v) is 7.91. The molecule has 3 aromatic rings. The molecule has 0 aliphatic heterocycles. The molecular formula is C17H20N6O. The van der Waals surface area contributed by atoms with Gasteiger partial charge in [-0.25, -0.2) is 4.68 Å². The maximum atomic E-state index is 12.3. The molecule has 0 saturated heterocycles. The summed E-state index contributed by atoms with van der Waals surface area (Å²) in [5.74, 6) is 1.11. The topological polar surface area (TPSA) is 77.6 Å². The van der Waals surface area contributed by atoms with E-state index >= 15 is 0 Å². The lowest BCUT2D eigenvalue weighted by molar-refractivity contribution is 0.0952. The number of carbonyl (C=O) groups is 1. The van der Waals surface area contributed by atoms with Crippen molar-refractivity contribution < 1.29 is 4.79 Å². The molecule has 0 spiro atoms. The fourth-order valence-electron chi connectivity index (χ4n) is 2.49. The molecule has 1 amide bonds. The van der Waals surface area contributed by atoms with Crippen LogP contribution < -0.4 is 5.32 Å². The Kier molecular flexibility index (Phi) is 4.69. The summed E-state index contributed by atoms with van der Waals surface area (Å²) in [6.45, 7) is 5.30. The molecule has 2 aromatic heterocycles. The Morgan fingerprint density at radius 1 is 1.29 bits per heavy atom. The van der Waals surface area contributed by atoms with Crippen LogP contribution in [-0.2, 0) is 6.54 Å². The van der Waals surface area contributed by atoms with Gasteiger partial charge in [0.2, 0.25) is 0 Å². The van der Waals surface area contributed by atoms with E-state index in [2.05, 4.69) is 34.5 Å². The number of rotatable bonds is 6. The van der Waals surface area contributed by atoms with E-state index < -0.39 is 0 Å². The van der Waals surface area contributed by atoms with Gasteiger partial charge in [0.05, 0.1) is 5.69 Å². The molecule has 1 aromatic carbocycles. The number of benzene rings is 1. The summed E-state index contributed by atoms with van der Waals surface area (Å²) in [7, 11) is 0. The Labute approximate surface area is 140 Å². The summed E-state index contributed by atoms with van der Waals surface area (Å²) < 4.78 is 3.69. The summed E-state index contributed by atoms with van der Waals surface area (Å²) in [4.78, 5) is 12.3. The average molecular weight is 324 g/mol. The van der Waals surface area contributed by atoms with Crippen LogP contribution in [0.5, 0.6) is 0 Å². The quantitative estimate of drug-likeness (QED) is 0.752. The highest BCUT2D eigenvalue weighted by molar-refractivity contribution is 5.94. The third-order valence-corrected chi connectivity index (χ3v) is 3.68. The molecular weight excluding hydrogens is 304 g/mol. The maximum absolute atomic E-state index is 12.3. The van der Waals surface area contributed by atoms with Crippen LogP contribution in [0.1, 0.15) is 35.9 Å². The lowest BCUT2D eigenvalue weighted by atomic mass is 10.2. The van der Waals surface area contributed by atoms with Crippen LogP contribution in [0.2, 0.25) is 0 Å². The van der Waals surface area contributed by atoms with Gasteiger partial charge in [-0.3, -0.25) is 4.79 Å². The van der Waals surface area contributed by atoms with Crippen molar-refractivity contribution in [2.24, 2.45) is 0 Å². The van der Waals surface area contributed by atoms with Crippen molar-refractivity contribution in [3.8, 4) is 5.69 Å². The zero-order chi connectivity index (χ0) is 16.9. The van der Waals surface area contributed by atoms with Crippen molar-refractivity contribution in [2.75, 3.05) is 6.54 Å². The Hall–Kier alpha value is -2.96. The van der Waals surface area contributed by atoms with Gasteiger partial charge in [0.15, 0.2) is 0 Å². The molecule has 0 unspecified atom stereocenters. The monoisotopic (exact) mass is 324 g/mol. The molecule has 0 aliphatic rings. The number of hydrogen-bond donors (Lipinski definition) is 1. The maximum Gasteiger partial charge on any atom is 0.251 e. The van der Waals surface area contributed by atoms with Crippen molar-refractivity contribution in [3.05, 3.63) is 60.4 Å². The van der Waals surface area contributed by atoms with Gasteiger partial charge in [-0.1, -0.05) is 19.9 Å². The van der Waals surface area contributed by atoms with E-state index in [-0.39, 0.29) is 5.91 Å². The van der Waals surface area contributed by atoms with Gasteiger partial charge in [-0.05, 0) is 24.3 Å². The van der Waals surface area contributed by atoms with E-state index in [1.54, 1.807) is 23.3 Å². The molecule has 2 heterocycles. The Bertz CT molecular complexity index is 806. The molecule has 7 heteroatoms. The summed E-state index contributed by atoms with van der Waals surface area (Å²) in [5, 5.41) is 15.1. The van der Waals surface area contributed by atoms with Crippen LogP contribution in [0.4, 0.5) is 0 Å². The highest BCUT2D eigenvalue weighted by Crippen LogP contribution is 2.11. The first-order chi connectivity index (χ1) is 11.6. The van der Waals surface area contributed by atoms with Crippen LogP contribution in [0, 0.1) is 0 Å². The number of nitrogens with one attached hydrogen (secondary N) is 1. The smallest absolute Gasteiger partial charge is 0.251 e. The van der Waals surface area contributed by atoms with E-state index in [9.17, 15) is 4.79 Å². The zero-order valence-electron chi connectivity index (χ0n) is 13.8. The molecule has 0 fully saturated rings. The Balaban J connectivity index is 1.61. The van der Waals surface area contributed by atoms with Crippen LogP contribution >= 0.6 is 0 Å².